The van der Waals surface area contributed by atoms with Crippen molar-refractivity contribution < 1.29 is 9.84 Å². The van der Waals surface area contributed by atoms with Crippen LogP contribution in [-0.2, 0) is 11.3 Å². The fourth-order valence-electron chi connectivity index (χ4n) is 1.15. The molecule has 0 aliphatic carbocycles. The third kappa shape index (κ3) is 3.25. The van der Waals surface area contributed by atoms with E-state index in [4.69, 9.17) is 15.9 Å². The van der Waals surface area contributed by atoms with Gasteiger partial charge in [-0.2, -0.15) is 0 Å². The van der Waals surface area contributed by atoms with Crippen LogP contribution in [-0.4, -0.2) is 17.0 Å². The maximum absolute atomic E-state index is 9.42. The third-order valence-electron chi connectivity index (χ3n) is 1.93. The van der Waals surface area contributed by atoms with Crippen molar-refractivity contribution in [1.29, 1.82) is 5.41 Å². The molecule has 4 heteroatoms. The summed E-state index contributed by atoms with van der Waals surface area (Å²) in [5.41, 5.74) is 6.56. The molecule has 0 aliphatic rings. The third-order valence-corrected chi connectivity index (χ3v) is 1.93. The number of phenolic OH excluding ortho intramolecular Hbond substituents is 1. The van der Waals surface area contributed by atoms with Crippen molar-refractivity contribution in [3.63, 3.8) is 0 Å². The number of amidine groups is 1. The van der Waals surface area contributed by atoms with Gasteiger partial charge in [0.2, 0.25) is 0 Å². The van der Waals surface area contributed by atoms with E-state index >= 15 is 0 Å². The largest absolute Gasteiger partial charge is 0.507 e. The van der Waals surface area contributed by atoms with Gasteiger partial charge in [-0.3, -0.25) is 5.41 Å². The van der Waals surface area contributed by atoms with E-state index in [0.717, 1.165) is 5.56 Å². The molecule has 1 aromatic rings. The van der Waals surface area contributed by atoms with E-state index in [1.165, 1.54) is 6.07 Å². The molecule has 0 radical (unpaired) electrons. The fourth-order valence-corrected chi connectivity index (χ4v) is 1.15. The van der Waals surface area contributed by atoms with Gasteiger partial charge in [-0.1, -0.05) is 6.07 Å². The van der Waals surface area contributed by atoms with Gasteiger partial charge < -0.3 is 15.6 Å². The standard InChI is InChI=1S/C11H16N2O2/c1-7(2)15-6-8-3-4-10(14)9(5-8)11(12)13/h3-5,7,14H,6H2,1-2H3,(H3,12,13). The summed E-state index contributed by atoms with van der Waals surface area (Å²) in [7, 11) is 0. The molecule has 0 bridgehead atoms. The molecule has 0 spiro atoms. The van der Waals surface area contributed by atoms with Crippen LogP contribution in [0.15, 0.2) is 18.2 Å². The minimum atomic E-state index is -0.140. The van der Waals surface area contributed by atoms with Crippen molar-refractivity contribution in [2.75, 3.05) is 0 Å². The number of ether oxygens (including phenoxy) is 1. The molecule has 0 saturated carbocycles. The first-order valence-electron chi connectivity index (χ1n) is 4.78. The topological polar surface area (TPSA) is 79.3 Å². The summed E-state index contributed by atoms with van der Waals surface area (Å²) in [6.45, 7) is 4.36. The lowest BCUT2D eigenvalue weighted by Gasteiger charge is -2.09. The summed E-state index contributed by atoms with van der Waals surface area (Å²) in [6.07, 6.45) is 0.152. The highest BCUT2D eigenvalue weighted by Crippen LogP contribution is 2.18. The van der Waals surface area contributed by atoms with E-state index in [2.05, 4.69) is 0 Å². The van der Waals surface area contributed by atoms with Gasteiger partial charge in [0.15, 0.2) is 0 Å². The van der Waals surface area contributed by atoms with Crippen LogP contribution in [0.3, 0.4) is 0 Å². The first-order chi connectivity index (χ1) is 7.00. The lowest BCUT2D eigenvalue weighted by atomic mass is 10.1. The number of aromatic hydroxyl groups is 1. The Morgan fingerprint density at radius 3 is 2.73 bits per heavy atom. The Hall–Kier alpha value is -1.55. The van der Waals surface area contributed by atoms with E-state index in [1.807, 2.05) is 13.8 Å². The number of benzene rings is 1. The Morgan fingerprint density at radius 2 is 2.20 bits per heavy atom. The maximum Gasteiger partial charge on any atom is 0.126 e. The van der Waals surface area contributed by atoms with Crippen LogP contribution in [0.4, 0.5) is 0 Å². The summed E-state index contributed by atoms with van der Waals surface area (Å²) in [6, 6.07) is 4.94. The fraction of sp³-hybridized carbons (Fsp3) is 0.364. The van der Waals surface area contributed by atoms with Crippen LogP contribution in [0.5, 0.6) is 5.75 Å². The van der Waals surface area contributed by atoms with Crippen LogP contribution in [0.1, 0.15) is 25.0 Å². The normalized spacial score (nSPS) is 10.6. The quantitative estimate of drug-likeness (QED) is 0.519. The highest BCUT2D eigenvalue weighted by atomic mass is 16.5. The zero-order valence-corrected chi connectivity index (χ0v) is 8.95. The number of rotatable bonds is 4. The van der Waals surface area contributed by atoms with Gasteiger partial charge in [-0.05, 0) is 31.5 Å². The molecule has 15 heavy (non-hydrogen) atoms. The Bertz CT molecular complexity index is 362. The first-order valence-corrected chi connectivity index (χ1v) is 4.78. The predicted molar refractivity (Wildman–Crippen MR) is 59.0 cm³/mol. The van der Waals surface area contributed by atoms with Gasteiger partial charge in [0.05, 0.1) is 18.3 Å². The summed E-state index contributed by atoms with van der Waals surface area (Å²) in [5, 5.41) is 16.7. The van der Waals surface area contributed by atoms with Gasteiger partial charge in [0.1, 0.15) is 11.6 Å². The van der Waals surface area contributed by atoms with Crippen LogP contribution >= 0.6 is 0 Å². The zero-order chi connectivity index (χ0) is 11.4. The Labute approximate surface area is 89.2 Å². The molecule has 1 rings (SSSR count). The molecule has 0 unspecified atom stereocenters. The number of phenols is 1. The van der Waals surface area contributed by atoms with Gasteiger partial charge in [-0.25, -0.2) is 0 Å². The van der Waals surface area contributed by atoms with Crippen molar-refractivity contribution in [3.05, 3.63) is 29.3 Å². The van der Waals surface area contributed by atoms with Crippen LogP contribution in [0.2, 0.25) is 0 Å². The van der Waals surface area contributed by atoms with Crippen LogP contribution < -0.4 is 5.73 Å². The molecule has 0 amide bonds. The van der Waals surface area contributed by atoms with E-state index in [-0.39, 0.29) is 17.7 Å². The molecule has 0 aliphatic heterocycles. The van der Waals surface area contributed by atoms with Crippen molar-refractivity contribution in [2.24, 2.45) is 5.73 Å². The number of nitrogen functional groups attached to an aromatic ring is 1. The average Bonchev–Trinajstić information content (AvgIpc) is 2.16. The molecule has 82 valence electrons. The van der Waals surface area contributed by atoms with Crippen molar-refractivity contribution in [3.8, 4) is 5.75 Å². The Morgan fingerprint density at radius 1 is 1.53 bits per heavy atom. The SMILES string of the molecule is CC(C)OCc1ccc(O)c(C(=N)N)c1. The van der Waals surface area contributed by atoms with Gasteiger partial charge in [0.25, 0.3) is 0 Å². The Balaban J connectivity index is 2.83. The molecular formula is C11H16N2O2. The van der Waals surface area contributed by atoms with Gasteiger partial charge >= 0.3 is 0 Å². The molecule has 0 atom stereocenters. The van der Waals surface area contributed by atoms with E-state index in [0.29, 0.717) is 12.2 Å². The zero-order valence-electron chi connectivity index (χ0n) is 8.95. The molecule has 0 fully saturated rings. The summed E-state index contributed by atoms with van der Waals surface area (Å²) in [5.74, 6) is -0.116. The molecule has 0 heterocycles. The second kappa shape index (κ2) is 4.79. The minimum Gasteiger partial charge on any atom is -0.507 e. The lowest BCUT2D eigenvalue weighted by Crippen LogP contribution is -2.12. The van der Waals surface area contributed by atoms with Crippen molar-refractivity contribution in [1.82, 2.24) is 0 Å². The monoisotopic (exact) mass is 208 g/mol. The highest BCUT2D eigenvalue weighted by Gasteiger charge is 2.05. The number of hydrogen-bond donors (Lipinski definition) is 3. The second-order valence-corrected chi connectivity index (χ2v) is 3.62. The molecule has 0 saturated heterocycles. The van der Waals surface area contributed by atoms with E-state index < -0.39 is 0 Å². The Kier molecular flexibility index (Phi) is 3.68. The average molecular weight is 208 g/mol. The highest BCUT2D eigenvalue weighted by molar-refractivity contribution is 5.97. The van der Waals surface area contributed by atoms with Crippen LogP contribution in [0.25, 0.3) is 0 Å². The maximum atomic E-state index is 9.42. The molecule has 4 N–H and O–H groups in total. The summed E-state index contributed by atoms with van der Waals surface area (Å²) < 4.78 is 5.41. The smallest absolute Gasteiger partial charge is 0.126 e. The van der Waals surface area contributed by atoms with E-state index in [9.17, 15) is 5.11 Å². The predicted octanol–water partition coefficient (Wildman–Crippen LogP) is 1.60. The molecular weight excluding hydrogens is 192 g/mol. The summed E-state index contributed by atoms with van der Waals surface area (Å²) in [4.78, 5) is 0. The molecule has 4 nitrogen and oxygen atoms in total. The number of nitrogens with two attached hydrogens (primary N) is 1. The number of hydrogen-bond acceptors (Lipinski definition) is 3. The van der Waals surface area contributed by atoms with Crippen molar-refractivity contribution in [2.45, 2.75) is 26.6 Å². The molecule has 1 aromatic carbocycles. The lowest BCUT2D eigenvalue weighted by molar-refractivity contribution is 0.0657. The minimum absolute atomic E-state index is 0.0239. The van der Waals surface area contributed by atoms with Gasteiger partial charge in [-0.15, -0.1) is 0 Å². The van der Waals surface area contributed by atoms with Crippen LogP contribution in [0, 0.1) is 5.41 Å². The summed E-state index contributed by atoms with van der Waals surface area (Å²) >= 11 is 0. The first kappa shape index (κ1) is 11.5. The number of nitrogens with one attached hydrogen (secondary N) is 1. The van der Waals surface area contributed by atoms with Crippen molar-refractivity contribution >= 4 is 5.84 Å². The molecule has 0 aromatic heterocycles. The van der Waals surface area contributed by atoms with E-state index in [1.54, 1.807) is 12.1 Å². The van der Waals surface area contributed by atoms with Gasteiger partial charge in [0, 0.05) is 0 Å². The second-order valence-electron chi connectivity index (χ2n) is 3.62.